The van der Waals surface area contributed by atoms with Crippen molar-refractivity contribution in [2.24, 2.45) is 0 Å². The quantitative estimate of drug-likeness (QED) is 0.841. The maximum Gasteiger partial charge on any atom is 0.128 e. The van der Waals surface area contributed by atoms with Gasteiger partial charge in [-0.2, -0.15) is 0 Å². The molecule has 0 saturated heterocycles. The van der Waals surface area contributed by atoms with Gasteiger partial charge < -0.3 is 10.2 Å². The van der Waals surface area contributed by atoms with Crippen molar-refractivity contribution in [1.29, 1.82) is 0 Å². The van der Waals surface area contributed by atoms with Crippen LogP contribution in [0.5, 0.6) is 0 Å². The minimum atomic E-state index is 0.888. The van der Waals surface area contributed by atoms with Crippen LogP contribution in [0, 0.1) is 0 Å². The van der Waals surface area contributed by atoms with E-state index in [9.17, 15) is 0 Å². The molecular formula is C15H19N3. The fourth-order valence-electron chi connectivity index (χ4n) is 1.87. The van der Waals surface area contributed by atoms with Crippen molar-refractivity contribution in [3.8, 4) is 0 Å². The molecule has 0 aliphatic rings. The first-order valence-corrected chi connectivity index (χ1v) is 6.24. The third-order valence-corrected chi connectivity index (χ3v) is 2.82. The molecule has 0 aliphatic heterocycles. The Balaban J connectivity index is 2.10. The Hall–Kier alpha value is -1.87. The van der Waals surface area contributed by atoms with Gasteiger partial charge in [0.25, 0.3) is 0 Å². The SMILES string of the molecule is CNCCN(Cc1ccccc1)c1ccccn1. The second kappa shape index (κ2) is 6.77. The smallest absolute Gasteiger partial charge is 0.128 e. The number of aromatic nitrogens is 1. The fourth-order valence-corrected chi connectivity index (χ4v) is 1.87. The lowest BCUT2D eigenvalue weighted by atomic mass is 10.2. The molecule has 94 valence electrons. The maximum absolute atomic E-state index is 4.43. The van der Waals surface area contributed by atoms with Crippen LogP contribution in [0.25, 0.3) is 0 Å². The summed E-state index contributed by atoms with van der Waals surface area (Å²) < 4.78 is 0. The van der Waals surface area contributed by atoms with E-state index in [1.54, 1.807) is 0 Å². The van der Waals surface area contributed by atoms with E-state index in [2.05, 4.69) is 45.5 Å². The van der Waals surface area contributed by atoms with Gasteiger partial charge in [-0.3, -0.25) is 0 Å². The van der Waals surface area contributed by atoms with Crippen LogP contribution in [0.2, 0.25) is 0 Å². The summed E-state index contributed by atoms with van der Waals surface area (Å²) in [4.78, 5) is 6.71. The number of nitrogens with zero attached hydrogens (tertiary/aromatic N) is 2. The van der Waals surface area contributed by atoms with E-state index >= 15 is 0 Å². The van der Waals surface area contributed by atoms with Crippen LogP contribution < -0.4 is 10.2 Å². The van der Waals surface area contributed by atoms with Gasteiger partial charge in [0, 0.05) is 25.8 Å². The highest BCUT2D eigenvalue weighted by atomic mass is 15.2. The van der Waals surface area contributed by atoms with Gasteiger partial charge in [-0.05, 0) is 24.7 Å². The topological polar surface area (TPSA) is 28.2 Å². The van der Waals surface area contributed by atoms with Crippen LogP contribution >= 0.6 is 0 Å². The number of likely N-dealkylation sites (N-methyl/N-ethyl adjacent to an activating group) is 1. The first-order chi connectivity index (χ1) is 8.90. The Morgan fingerprint density at radius 3 is 2.50 bits per heavy atom. The molecule has 0 saturated carbocycles. The van der Waals surface area contributed by atoms with E-state index in [0.717, 1.165) is 25.5 Å². The summed E-state index contributed by atoms with van der Waals surface area (Å²) in [7, 11) is 1.97. The highest BCUT2D eigenvalue weighted by Crippen LogP contribution is 2.13. The minimum absolute atomic E-state index is 0.888. The second-order valence-corrected chi connectivity index (χ2v) is 4.20. The molecule has 0 bridgehead atoms. The van der Waals surface area contributed by atoms with E-state index in [1.807, 2.05) is 31.4 Å². The summed E-state index contributed by atoms with van der Waals surface area (Å²) in [6, 6.07) is 16.5. The summed E-state index contributed by atoms with van der Waals surface area (Å²) in [6.45, 7) is 2.78. The van der Waals surface area contributed by atoms with Crippen LogP contribution in [-0.4, -0.2) is 25.1 Å². The van der Waals surface area contributed by atoms with Gasteiger partial charge in [0.15, 0.2) is 0 Å². The van der Waals surface area contributed by atoms with E-state index in [0.29, 0.717) is 0 Å². The monoisotopic (exact) mass is 241 g/mol. The largest absolute Gasteiger partial charge is 0.351 e. The molecule has 0 amide bonds. The van der Waals surface area contributed by atoms with Crippen molar-refractivity contribution in [3.05, 3.63) is 60.3 Å². The molecule has 0 fully saturated rings. The van der Waals surface area contributed by atoms with Gasteiger partial charge in [-0.1, -0.05) is 36.4 Å². The second-order valence-electron chi connectivity index (χ2n) is 4.20. The van der Waals surface area contributed by atoms with Crippen LogP contribution in [0.15, 0.2) is 54.7 Å². The lowest BCUT2D eigenvalue weighted by Gasteiger charge is -2.23. The summed E-state index contributed by atoms with van der Waals surface area (Å²) in [5.41, 5.74) is 1.30. The standard InChI is InChI=1S/C15H19N3/c1-16-11-12-18(15-9-5-6-10-17-15)13-14-7-3-2-4-8-14/h2-10,16H,11-13H2,1H3. The van der Waals surface area contributed by atoms with Crippen LogP contribution in [0.4, 0.5) is 5.82 Å². The Morgan fingerprint density at radius 2 is 1.83 bits per heavy atom. The zero-order chi connectivity index (χ0) is 12.6. The molecule has 0 atom stereocenters. The Bertz CT molecular complexity index is 442. The average Bonchev–Trinajstić information content (AvgIpc) is 2.45. The molecule has 18 heavy (non-hydrogen) atoms. The number of anilines is 1. The lowest BCUT2D eigenvalue weighted by Crippen LogP contribution is -2.30. The molecule has 3 nitrogen and oxygen atoms in total. The molecule has 1 aromatic carbocycles. The van der Waals surface area contributed by atoms with Gasteiger partial charge in [-0.15, -0.1) is 0 Å². The first-order valence-electron chi connectivity index (χ1n) is 6.24. The summed E-state index contributed by atoms with van der Waals surface area (Å²) >= 11 is 0. The van der Waals surface area contributed by atoms with Crippen LogP contribution in [0.3, 0.4) is 0 Å². The summed E-state index contributed by atoms with van der Waals surface area (Å²) in [5, 5.41) is 3.18. The molecular weight excluding hydrogens is 222 g/mol. The zero-order valence-corrected chi connectivity index (χ0v) is 10.7. The Labute approximate surface area is 108 Å². The maximum atomic E-state index is 4.43. The lowest BCUT2D eigenvalue weighted by molar-refractivity contribution is 0.714. The van der Waals surface area contributed by atoms with Gasteiger partial charge in [-0.25, -0.2) is 4.98 Å². The number of hydrogen-bond acceptors (Lipinski definition) is 3. The molecule has 1 aromatic heterocycles. The molecule has 0 aliphatic carbocycles. The van der Waals surface area contributed by atoms with Crippen molar-refractivity contribution < 1.29 is 0 Å². The predicted octanol–water partition coefficient (Wildman–Crippen LogP) is 2.31. The van der Waals surface area contributed by atoms with Crippen LogP contribution in [0.1, 0.15) is 5.56 Å². The van der Waals surface area contributed by atoms with Crippen molar-refractivity contribution in [1.82, 2.24) is 10.3 Å². The third kappa shape index (κ3) is 3.57. The van der Waals surface area contributed by atoms with Crippen molar-refractivity contribution in [3.63, 3.8) is 0 Å². The Kier molecular flexibility index (Phi) is 4.73. The molecule has 3 heteroatoms. The molecule has 0 radical (unpaired) electrons. The minimum Gasteiger partial charge on any atom is -0.351 e. The highest BCUT2D eigenvalue weighted by molar-refractivity contribution is 5.39. The summed E-state index contributed by atoms with van der Waals surface area (Å²) in [5.74, 6) is 1.02. The van der Waals surface area contributed by atoms with Gasteiger partial charge >= 0.3 is 0 Å². The van der Waals surface area contributed by atoms with E-state index in [1.165, 1.54) is 5.56 Å². The number of rotatable bonds is 6. The number of hydrogen-bond donors (Lipinski definition) is 1. The number of nitrogens with one attached hydrogen (secondary N) is 1. The first kappa shape index (κ1) is 12.6. The zero-order valence-electron chi connectivity index (χ0n) is 10.7. The number of pyridine rings is 1. The number of benzene rings is 1. The average molecular weight is 241 g/mol. The van der Waals surface area contributed by atoms with Gasteiger partial charge in [0.1, 0.15) is 5.82 Å². The third-order valence-electron chi connectivity index (χ3n) is 2.82. The van der Waals surface area contributed by atoms with E-state index in [4.69, 9.17) is 0 Å². The van der Waals surface area contributed by atoms with Gasteiger partial charge in [0.05, 0.1) is 0 Å². The summed E-state index contributed by atoms with van der Waals surface area (Å²) in [6.07, 6.45) is 1.84. The normalized spacial score (nSPS) is 10.3. The molecule has 2 rings (SSSR count). The van der Waals surface area contributed by atoms with Crippen molar-refractivity contribution in [2.75, 3.05) is 25.0 Å². The highest BCUT2D eigenvalue weighted by Gasteiger charge is 2.07. The van der Waals surface area contributed by atoms with Gasteiger partial charge in [0.2, 0.25) is 0 Å². The molecule has 2 aromatic rings. The molecule has 0 unspecified atom stereocenters. The molecule has 1 heterocycles. The molecule has 1 N–H and O–H groups in total. The van der Waals surface area contributed by atoms with Crippen molar-refractivity contribution >= 4 is 5.82 Å². The predicted molar refractivity (Wildman–Crippen MR) is 75.7 cm³/mol. The van der Waals surface area contributed by atoms with E-state index in [-0.39, 0.29) is 0 Å². The molecule has 0 spiro atoms. The Morgan fingerprint density at radius 1 is 1.06 bits per heavy atom. The van der Waals surface area contributed by atoms with Crippen LogP contribution in [-0.2, 0) is 6.54 Å². The van der Waals surface area contributed by atoms with E-state index < -0.39 is 0 Å². The fraction of sp³-hybridized carbons (Fsp3) is 0.267. The van der Waals surface area contributed by atoms with Crippen molar-refractivity contribution in [2.45, 2.75) is 6.54 Å².